The lowest BCUT2D eigenvalue weighted by Crippen LogP contribution is -2.38. The maximum absolute atomic E-state index is 12.8. The number of aromatic hydroxyl groups is 1. The number of anilines is 1. The number of esters is 1. The second-order valence-electron chi connectivity index (χ2n) is 8.31. The minimum atomic E-state index is -0.874. The van der Waals surface area contributed by atoms with Gasteiger partial charge in [0.15, 0.2) is 5.65 Å². The topological polar surface area (TPSA) is 127 Å². The summed E-state index contributed by atoms with van der Waals surface area (Å²) in [5.41, 5.74) is -1.66. The lowest BCUT2D eigenvalue weighted by Gasteiger charge is -2.26. The van der Waals surface area contributed by atoms with Gasteiger partial charge in [-0.2, -0.15) is 4.98 Å². The highest BCUT2D eigenvalue weighted by atomic mass is 16.6. The number of hydrogen-bond acceptors (Lipinski definition) is 8. The largest absolute Gasteiger partial charge is 0.506 e. The lowest BCUT2D eigenvalue weighted by atomic mass is 10.1. The van der Waals surface area contributed by atoms with Crippen LogP contribution in [0.5, 0.6) is 5.75 Å². The number of hydrogen-bond donors (Lipinski definition) is 2. The van der Waals surface area contributed by atoms with Gasteiger partial charge in [-0.15, -0.1) is 0 Å². The molecule has 0 bridgehead atoms. The van der Waals surface area contributed by atoms with Crippen LogP contribution in [-0.2, 0) is 16.6 Å². The zero-order valence-electron chi connectivity index (χ0n) is 17.7. The molecule has 2 aromatic rings. The van der Waals surface area contributed by atoms with Crippen molar-refractivity contribution in [3.63, 3.8) is 0 Å². The van der Waals surface area contributed by atoms with E-state index in [4.69, 9.17) is 4.74 Å². The fourth-order valence-corrected chi connectivity index (χ4v) is 3.36. The van der Waals surface area contributed by atoms with Gasteiger partial charge >= 0.3 is 5.97 Å². The van der Waals surface area contributed by atoms with Crippen molar-refractivity contribution in [1.29, 1.82) is 0 Å². The summed E-state index contributed by atoms with van der Waals surface area (Å²) >= 11 is 0. The van der Waals surface area contributed by atoms with E-state index in [9.17, 15) is 19.5 Å². The molecule has 3 heterocycles. The summed E-state index contributed by atoms with van der Waals surface area (Å²) in [5, 5.41) is 13.1. The van der Waals surface area contributed by atoms with Crippen molar-refractivity contribution >= 4 is 28.9 Å². The molecule has 30 heavy (non-hydrogen) atoms. The Balaban J connectivity index is 1.90. The van der Waals surface area contributed by atoms with Crippen LogP contribution in [0.25, 0.3) is 11.0 Å². The molecule has 0 atom stereocenters. The highest BCUT2D eigenvalue weighted by Crippen LogP contribution is 2.26. The SMILES string of the molecule is Cn1c(=O)c(C(=O)NCC(=O)OC(C)(C)C)c(O)c2cnc(N3CCCCC3)nc21. The number of rotatable bonds is 4. The van der Waals surface area contributed by atoms with E-state index in [0.717, 1.165) is 32.4 Å². The number of piperidine rings is 1. The van der Waals surface area contributed by atoms with E-state index in [0.29, 0.717) is 5.95 Å². The number of ether oxygens (including phenoxy) is 1. The predicted octanol–water partition coefficient (Wildman–Crippen LogP) is 1.10. The van der Waals surface area contributed by atoms with Crippen LogP contribution in [0.4, 0.5) is 5.95 Å². The normalized spacial score (nSPS) is 14.6. The van der Waals surface area contributed by atoms with Crippen molar-refractivity contribution in [1.82, 2.24) is 19.9 Å². The molecule has 0 unspecified atom stereocenters. The Bertz CT molecular complexity index is 1030. The Morgan fingerprint density at radius 2 is 1.90 bits per heavy atom. The molecular weight excluding hydrogens is 390 g/mol. The molecule has 0 saturated carbocycles. The number of carbonyl (C=O) groups excluding carboxylic acids is 2. The standard InChI is InChI=1S/C20H27N5O5/c1-20(2,3)30-13(26)11-21-17(28)14-15(27)12-10-22-19(25-8-6-5-7-9-25)23-16(12)24(4)18(14)29/h10,27H,5-9,11H2,1-4H3,(H,21,28). The summed E-state index contributed by atoms with van der Waals surface area (Å²) < 4.78 is 6.33. The summed E-state index contributed by atoms with van der Waals surface area (Å²) in [6.45, 7) is 6.34. The fourth-order valence-electron chi connectivity index (χ4n) is 3.36. The fraction of sp³-hybridized carbons (Fsp3) is 0.550. The van der Waals surface area contributed by atoms with E-state index in [2.05, 4.69) is 15.3 Å². The summed E-state index contributed by atoms with van der Waals surface area (Å²) in [7, 11) is 1.47. The average Bonchev–Trinajstić information content (AvgIpc) is 2.70. The van der Waals surface area contributed by atoms with Gasteiger partial charge in [0.2, 0.25) is 5.95 Å². The van der Waals surface area contributed by atoms with Crippen LogP contribution < -0.4 is 15.8 Å². The number of pyridine rings is 1. The summed E-state index contributed by atoms with van der Waals surface area (Å²) in [5.74, 6) is -1.55. The smallest absolute Gasteiger partial charge is 0.325 e. The second kappa shape index (κ2) is 8.29. The van der Waals surface area contributed by atoms with Gasteiger partial charge in [-0.25, -0.2) is 4.98 Å². The van der Waals surface area contributed by atoms with E-state index >= 15 is 0 Å². The molecule has 0 aliphatic carbocycles. The van der Waals surface area contributed by atoms with Gasteiger partial charge < -0.3 is 20.1 Å². The number of carbonyl (C=O) groups is 2. The van der Waals surface area contributed by atoms with E-state index in [1.807, 2.05) is 4.90 Å². The molecule has 2 N–H and O–H groups in total. The first-order valence-corrected chi connectivity index (χ1v) is 9.92. The van der Waals surface area contributed by atoms with Gasteiger partial charge in [-0.3, -0.25) is 19.0 Å². The number of nitrogens with one attached hydrogen (secondary N) is 1. The van der Waals surface area contributed by atoms with Crippen LogP contribution in [0, 0.1) is 0 Å². The number of aromatic nitrogens is 3. The minimum absolute atomic E-state index is 0.181. The number of amides is 1. The van der Waals surface area contributed by atoms with Crippen LogP contribution in [0.15, 0.2) is 11.0 Å². The summed E-state index contributed by atoms with van der Waals surface area (Å²) in [4.78, 5) is 47.9. The molecule has 2 aromatic heterocycles. The van der Waals surface area contributed by atoms with Crippen molar-refractivity contribution in [3.8, 4) is 5.75 Å². The Morgan fingerprint density at radius 1 is 1.23 bits per heavy atom. The zero-order valence-corrected chi connectivity index (χ0v) is 17.7. The van der Waals surface area contributed by atoms with Crippen LogP contribution in [0.3, 0.4) is 0 Å². The van der Waals surface area contributed by atoms with Gasteiger partial charge in [0.25, 0.3) is 11.5 Å². The highest BCUT2D eigenvalue weighted by molar-refractivity contribution is 6.02. The van der Waals surface area contributed by atoms with Crippen LogP contribution in [0.1, 0.15) is 50.4 Å². The molecular formula is C20H27N5O5. The zero-order chi connectivity index (χ0) is 22.1. The molecule has 1 fully saturated rings. The van der Waals surface area contributed by atoms with Crippen molar-refractivity contribution in [2.75, 3.05) is 24.5 Å². The molecule has 1 aliphatic rings. The molecule has 10 heteroatoms. The first-order valence-electron chi connectivity index (χ1n) is 9.92. The Kier molecular flexibility index (Phi) is 5.95. The molecule has 3 rings (SSSR count). The Hall–Kier alpha value is -3.17. The number of fused-ring (bicyclic) bond motifs is 1. The average molecular weight is 417 g/mol. The Labute approximate surface area is 173 Å². The second-order valence-corrected chi connectivity index (χ2v) is 8.31. The molecule has 10 nitrogen and oxygen atoms in total. The molecule has 0 radical (unpaired) electrons. The first-order chi connectivity index (χ1) is 14.1. The van der Waals surface area contributed by atoms with Crippen molar-refractivity contribution in [3.05, 3.63) is 22.1 Å². The maximum atomic E-state index is 12.8. The van der Waals surface area contributed by atoms with Gasteiger partial charge in [0, 0.05) is 26.3 Å². The van der Waals surface area contributed by atoms with Crippen LogP contribution in [0.2, 0.25) is 0 Å². The maximum Gasteiger partial charge on any atom is 0.325 e. The van der Waals surface area contributed by atoms with Gasteiger partial charge in [0.05, 0.1) is 5.39 Å². The minimum Gasteiger partial charge on any atom is -0.506 e. The van der Waals surface area contributed by atoms with Crippen molar-refractivity contribution in [2.45, 2.75) is 45.6 Å². The van der Waals surface area contributed by atoms with Crippen LogP contribution in [-0.4, -0.2) is 56.8 Å². The molecule has 0 aromatic carbocycles. The van der Waals surface area contributed by atoms with Gasteiger partial charge in [-0.05, 0) is 40.0 Å². The molecule has 1 aliphatic heterocycles. The quantitative estimate of drug-likeness (QED) is 0.708. The Morgan fingerprint density at radius 3 is 2.53 bits per heavy atom. The monoisotopic (exact) mass is 417 g/mol. The number of nitrogens with zero attached hydrogens (tertiary/aromatic N) is 4. The molecule has 1 amide bonds. The number of aryl methyl sites for hydroxylation is 1. The highest BCUT2D eigenvalue weighted by Gasteiger charge is 2.24. The first kappa shape index (κ1) is 21.5. The van der Waals surface area contributed by atoms with E-state index in [-0.39, 0.29) is 11.0 Å². The third-order valence-electron chi connectivity index (χ3n) is 4.76. The van der Waals surface area contributed by atoms with Gasteiger partial charge in [0.1, 0.15) is 23.5 Å². The van der Waals surface area contributed by atoms with E-state index in [1.54, 1.807) is 20.8 Å². The van der Waals surface area contributed by atoms with Crippen LogP contribution >= 0.6 is 0 Å². The predicted molar refractivity (Wildman–Crippen MR) is 111 cm³/mol. The van der Waals surface area contributed by atoms with E-state index < -0.39 is 40.9 Å². The molecule has 1 saturated heterocycles. The lowest BCUT2D eigenvalue weighted by molar-refractivity contribution is -0.153. The molecule has 162 valence electrons. The third-order valence-corrected chi connectivity index (χ3v) is 4.76. The van der Waals surface area contributed by atoms with E-state index in [1.165, 1.54) is 17.8 Å². The van der Waals surface area contributed by atoms with Crippen molar-refractivity contribution < 1.29 is 19.4 Å². The summed E-state index contributed by atoms with van der Waals surface area (Å²) in [6, 6.07) is 0. The van der Waals surface area contributed by atoms with Gasteiger partial charge in [-0.1, -0.05) is 0 Å². The third kappa shape index (κ3) is 4.52. The van der Waals surface area contributed by atoms with Crippen molar-refractivity contribution in [2.24, 2.45) is 7.05 Å². The molecule has 0 spiro atoms. The summed E-state index contributed by atoms with van der Waals surface area (Å²) in [6.07, 6.45) is 4.65.